The maximum absolute atomic E-state index is 2.50. The second-order valence-electron chi connectivity index (χ2n) is 15.6. The molecule has 0 bridgehead atoms. The van der Waals surface area contributed by atoms with E-state index in [2.05, 4.69) is 240 Å². The third-order valence-electron chi connectivity index (χ3n) is 12.4. The number of anilines is 6. The van der Waals surface area contributed by atoms with Crippen LogP contribution in [0.5, 0.6) is 0 Å². The van der Waals surface area contributed by atoms with Gasteiger partial charge in [-0.05, 0) is 140 Å². The molecule has 0 radical (unpaired) electrons. The Labute approximate surface area is 354 Å². The van der Waals surface area contributed by atoms with Crippen LogP contribution < -0.4 is 9.80 Å². The normalized spacial score (nSPS) is 13.1. The molecule has 10 aromatic rings. The largest absolute Gasteiger partial charge is 0.310 e. The van der Waals surface area contributed by atoms with Crippen LogP contribution in [0.1, 0.15) is 22.3 Å². The lowest BCUT2D eigenvalue weighted by atomic mass is 9.66. The minimum absolute atomic E-state index is 0.597. The van der Waals surface area contributed by atoms with E-state index in [4.69, 9.17) is 0 Å². The molecule has 2 nitrogen and oxygen atoms in total. The van der Waals surface area contributed by atoms with E-state index in [0.29, 0.717) is 0 Å². The summed E-state index contributed by atoms with van der Waals surface area (Å²) in [5.41, 5.74) is 14.1. The van der Waals surface area contributed by atoms with E-state index >= 15 is 0 Å². The zero-order valence-electron chi connectivity index (χ0n) is 32.7. The minimum atomic E-state index is -0.597. The first kappa shape index (κ1) is 34.7. The summed E-state index contributed by atoms with van der Waals surface area (Å²) in [6.07, 6.45) is 0. The first-order valence-corrected chi connectivity index (χ1v) is 21.4. The molecule has 10 aromatic carbocycles. The predicted octanol–water partition coefficient (Wildman–Crippen LogP) is 15.8. The third kappa shape index (κ3) is 5.16. The van der Waals surface area contributed by atoms with Gasteiger partial charge in [0.15, 0.2) is 0 Å². The number of rotatable bonds is 6. The Hall–Kier alpha value is -7.33. The molecular weight excluding hydrogens is 745 g/mol. The molecule has 60 heavy (non-hydrogen) atoms. The molecule has 0 aromatic heterocycles. The van der Waals surface area contributed by atoms with Crippen molar-refractivity contribution in [2.45, 2.75) is 15.2 Å². The standard InChI is InChI=1S/C57H38N2S/c1-5-19-39(20-6-1)58(40-21-7-2-8-22-40)43-33-35-47-49(37-43)45-27-13-14-28-46(45)55-48-36-34-44(59(41-23-9-3-10-24-41)42-25-11-4-12-26-42)38-52(48)57(56(47)55)50-29-15-17-31-53(50)60-54-32-18-16-30-51(54)57/h1-38H. The van der Waals surface area contributed by atoms with Gasteiger partial charge in [0, 0.05) is 43.9 Å². The average molecular weight is 783 g/mol. The van der Waals surface area contributed by atoms with Gasteiger partial charge < -0.3 is 9.80 Å². The summed E-state index contributed by atoms with van der Waals surface area (Å²) in [6, 6.07) is 84.7. The van der Waals surface area contributed by atoms with E-state index in [1.54, 1.807) is 0 Å². The van der Waals surface area contributed by atoms with Crippen molar-refractivity contribution in [3.63, 3.8) is 0 Å². The van der Waals surface area contributed by atoms with Gasteiger partial charge >= 0.3 is 0 Å². The summed E-state index contributed by atoms with van der Waals surface area (Å²) in [6.45, 7) is 0. The van der Waals surface area contributed by atoms with Crippen molar-refractivity contribution in [1.82, 2.24) is 0 Å². The van der Waals surface area contributed by atoms with Crippen LogP contribution in [0.2, 0.25) is 0 Å². The summed E-state index contributed by atoms with van der Waals surface area (Å²) in [5, 5.41) is 5.04. The van der Waals surface area contributed by atoms with Gasteiger partial charge in [0.2, 0.25) is 0 Å². The molecule has 12 rings (SSSR count). The van der Waals surface area contributed by atoms with Crippen molar-refractivity contribution in [3.05, 3.63) is 253 Å². The third-order valence-corrected chi connectivity index (χ3v) is 13.6. The Morgan fingerprint density at radius 3 is 1.27 bits per heavy atom. The van der Waals surface area contributed by atoms with Gasteiger partial charge in [0.25, 0.3) is 0 Å². The van der Waals surface area contributed by atoms with E-state index in [1.165, 1.54) is 64.7 Å². The van der Waals surface area contributed by atoms with Gasteiger partial charge in [-0.1, -0.05) is 157 Å². The fraction of sp³-hybridized carbons (Fsp3) is 0.0175. The van der Waals surface area contributed by atoms with Crippen LogP contribution in [0.25, 0.3) is 32.7 Å². The van der Waals surface area contributed by atoms with Crippen molar-refractivity contribution < 1.29 is 0 Å². The Bertz CT molecular complexity index is 3110. The molecule has 0 saturated heterocycles. The maximum atomic E-state index is 2.50. The molecule has 0 N–H and O–H groups in total. The highest BCUT2D eigenvalue weighted by Crippen LogP contribution is 2.65. The highest BCUT2D eigenvalue weighted by atomic mass is 32.2. The second kappa shape index (κ2) is 13.9. The van der Waals surface area contributed by atoms with Gasteiger partial charge in [0.1, 0.15) is 0 Å². The highest BCUT2D eigenvalue weighted by Gasteiger charge is 2.52. The van der Waals surface area contributed by atoms with E-state index < -0.39 is 5.41 Å². The fourth-order valence-corrected chi connectivity index (χ4v) is 11.3. The molecule has 0 fully saturated rings. The summed E-state index contributed by atoms with van der Waals surface area (Å²) in [7, 11) is 0. The van der Waals surface area contributed by atoms with Crippen LogP contribution in [0.3, 0.4) is 0 Å². The number of nitrogens with zero attached hydrogens (tertiary/aromatic N) is 2. The first-order chi connectivity index (χ1) is 29.8. The Morgan fingerprint density at radius 1 is 0.300 bits per heavy atom. The summed E-state index contributed by atoms with van der Waals surface area (Å²) in [4.78, 5) is 7.36. The van der Waals surface area contributed by atoms with Gasteiger partial charge in [-0.25, -0.2) is 0 Å². The van der Waals surface area contributed by atoms with Crippen LogP contribution in [-0.2, 0) is 5.41 Å². The summed E-state index contributed by atoms with van der Waals surface area (Å²) < 4.78 is 0. The predicted molar refractivity (Wildman–Crippen MR) is 252 cm³/mol. The molecule has 0 amide bonds. The number of hydrogen-bond donors (Lipinski definition) is 0. The van der Waals surface area contributed by atoms with Gasteiger partial charge in [-0.2, -0.15) is 0 Å². The molecule has 1 heterocycles. The molecule has 3 heteroatoms. The molecule has 0 atom stereocenters. The van der Waals surface area contributed by atoms with Crippen LogP contribution in [-0.4, -0.2) is 0 Å². The van der Waals surface area contributed by atoms with Crippen LogP contribution >= 0.6 is 11.8 Å². The number of fused-ring (bicyclic) bond motifs is 14. The second-order valence-corrected chi connectivity index (χ2v) is 16.7. The van der Waals surface area contributed by atoms with Gasteiger partial charge in [0.05, 0.1) is 5.41 Å². The van der Waals surface area contributed by atoms with Gasteiger partial charge in [-0.3, -0.25) is 0 Å². The quantitative estimate of drug-likeness (QED) is 0.155. The Kier molecular flexibility index (Phi) is 8.04. The van der Waals surface area contributed by atoms with E-state index in [1.807, 2.05) is 11.8 Å². The maximum Gasteiger partial charge on any atom is 0.0742 e. The summed E-state index contributed by atoms with van der Waals surface area (Å²) in [5.74, 6) is 0. The lowest BCUT2D eigenvalue weighted by Gasteiger charge is -2.40. The fourth-order valence-electron chi connectivity index (χ4n) is 10.1. The zero-order chi connectivity index (χ0) is 39.6. The Balaban J connectivity index is 1.21. The molecule has 282 valence electrons. The monoisotopic (exact) mass is 782 g/mol. The smallest absolute Gasteiger partial charge is 0.0742 e. The molecule has 0 saturated carbocycles. The average Bonchev–Trinajstić information content (AvgIpc) is 3.62. The van der Waals surface area contributed by atoms with Crippen molar-refractivity contribution in [3.8, 4) is 11.1 Å². The lowest BCUT2D eigenvalue weighted by molar-refractivity contribution is 0.728. The Morgan fingerprint density at radius 2 is 0.733 bits per heavy atom. The summed E-state index contributed by atoms with van der Waals surface area (Å²) >= 11 is 1.89. The molecule has 1 spiro atoms. The first-order valence-electron chi connectivity index (χ1n) is 20.6. The molecular formula is C57H38N2S. The van der Waals surface area contributed by atoms with E-state index in [0.717, 1.165) is 34.1 Å². The molecule has 1 aliphatic carbocycles. The van der Waals surface area contributed by atoms with Crippen LogP contribution in [0, 0.1) is 0 Å². The van der Waals surface area contributed by atoms with Crippen molar-refractivity contribution >= 4 is 67.4 Å². The number of hydrogen-bond acceptors (Lipinski definition) is 3. The van der Waals surface area contributed by atoms with Crippen LogP contribution in [0.15, 0.2) is 240 Å². The molecule has 0 unspecified atom stereocenters. The minimum Gasteiger partial charge on any atom is -0.310 e. The number of para-hydroxylation sites is 4. The zero-order valence-corrected chi connectivity index (χ0v) is 33.6. The topological polar surface area (TPSA) is 6.48 Å². The van der Waals surface area contributed by atoms with E-state index in [-0.39, 0.29) is 0 Å². The SMILES string of the molecule is c1ccc(N(c2ccccc2)c2ccc3c(c2)C2(c4ccccc4Sc4ccccc42)c2c-3c3ccccc3c3cc(N(c4ccccc4)c4ccccc4)ccc23)cc1. The van der Waals surface area contributed by atoms with Crippen molar-refractivity contribution in [1.29, 1.82) is 0 Å². The number of benzene rings is 10. The van der Waals surface area contributed by atoms with E-state index in [9.17, 15) is 0 Å². The highest BCUT2D eigenvalue weighted by molar-refractivity contribution is 7.99. The lowest BCUT2D eigenvalue weighted by Crippen LogP contribution is -2.32. The van der Waals surface area contributed by atoms with Crippen molar-refractivity contribution in [2.24, 2.45) is 0 Å². The van der Waals surface area contributed by atoms with Gasteiger partial charge in [-0.15, -0.1) is 0 Å². The van der Waals surface area contributed by atoms with Crippen LogP contribution in [0.4, 0.5) is 34.1 Å². The molecule has 2 aliphatic rings. The van der Waals surface area contributed by atoms with Crippen molar-refractivity contribution in [2.75, 3.05) is 9.80 Å². The molecule has 1 aliphatic heterocycles.